The monoisotopic (exact) mass is 318 g/mol. The lowest BCUT2D eigenvalue weighted by Crippen LogP contribution is -2.00. The summed E-state index contributed by atoms with van der Waals surface area (Å²) in [6, 6.07) is 9.37. The Morgan fingerprint density at radius 1 is 1.21 bits per heavy atom. The Bertz CT molecular complexity index is 767. The maximum atomic E-state index is 10.9. The van der Waals surface area contributed by atoms with E-state index >= 15 is 0 Å². The molecule has 0 aliphatic carbocycles. The Morgan fingerprint density at radius 3 is 2.63 bits per heavy atom. The number of carbonyl (C=O) groups is 1. The maximum Gasteiger partial charge on any atom is 0.375 e. The highest BCUT2D eigenvalue weighted by Gasteiger charge is 2.14. The summed E-state index contributed by atoms with van der Waals surface area (Å²) in [5.41, 5.74) is 1.63. The average molecular weight is 319 g/mol. The first-order valence-corrected chi connectivity index (χ1v) is 6.15. The summed E-state index contributed by atoms with van der Waals surface area (Å²) in [6.45, 7) is 0. The Hall–Kier alpha value is -2.28. The molecule has 0 saturated carbocycles. The van der Waals surface area contributed by atoms with Gasteiger partial charge in [-0.25, -0.2) is 9.78 Å². The highest BCUT2D eigenvalue weighted by molar-refractivity contribution is 9.10. The zero-order valence-electron chi connectivity index (χ0n) is 9.49. The summed E-state index contributed by atoms with van der Waals surface area (Å²) in [5, 5.41) is 12.9. The summed E-state index contributed by atoms with van der Waals surface area (Å²) < 4.78 is 2.39. The molecule has 0 fully saturated rings. The number of hydrogen-bond donors (Lipinski definition) is 1. The van der Waals surface area contributed by atoms with Crippen LogP contribution in [0.1, 0.15) is 10.6 Å². The SMILES string of the molecule is O=C(O)c1nc2nccc(-c3ccc(Br)cc3)n2n1. The molecule has 2 aromatic heterocycles. The molecular weight excluding hydrogens is 312 g/mol. The van der Waals surface area contributed by atoms with Gasteiger partial charge in [0.15, 0.2) is 0 Å². The van der Waals surface area contributed by atoms with Crippen molar-refractivity contribution in [1.82, 2.24) is 19.6 Å². The Kier molecular flexibility index (Phi) is 2.75. The number of nitrogens with zero attached hydrogens (tertiary/aromatic N) is 4. The molecule has 94 valence electrons. The van der Waals surface area contributed by atoms with E-state index in [0.717, 1.165) is 15.7 Å². The lowest BCUT2D eigenvalue weighted by molar-refractivity contribution is 0.0684. The molecule has 6 nitrogen and oxygen atoms in total. The lowest BCUT2D eigenvalue weighted by Gasteiger charge is -2.03. The molecule has 3 rings (SSSR count). The van der Waals surface area contributed by atoms with Crippen molar-refractivity contribution >= 4 is 27.7 Å². The van der Waals surface area contributed by atoms with Gasteiger partial charge in [-0.1, -0.05) is 28.1 Å². The van der Waals surface area contributed by atoms with Crippen LogP contribution in [0.5, 0.6) is 0 Å². The van der Waals surface area contributed by atoms with E-state index in [2.05, 4.69) is 31.0 Å². The first-order chi connectivity index (χ1) is 9.15. The minimum atomic E-state index is -1.17. The predicted octanol–water partition coefficient (Wildman–Crippen LogP) is 2.25. The van der Waals surface area contributed by atoms with Crippen LogP contribution in [0.2, 0.25) is 0 Å². The van der Waals surface area contributed by atoms with E-state index < -0.39 is 5.97 Å². The molecule has 0 saturated heterocycles. The minimum Gasteiger partial charge on any atom is -0.475 e. The number of aromatic carboxylic acids is 1. The number of benzene rings is 1. The van der Waals surface area contributed by atoms with Gasteiger partial charge < -0.3 is 5.11 Å². The molecule has 0 bridgehead atoms. The van der Waals surface area contributed by atoms with E-state index in [9.17, 15) is 4.79 Å². The summed E-state index contributed by atoms with van der Waals surface area (Å²) >= 11 is 3.37. The summed E-state index contributed by atoms with van der Waals surface area (Å²) in [5.74, 6) is -1.18. The van der Waals surface area contributed by atoms with Crippen molar-refractivity contribution in [3.05, 3.63) is 46.8 Å². The van der Waals surface area contributed by atoms with Crippen molar-refractivity contribution < 1.29 is 9.90 Å². The van der Waals surface area contributed by atoms with Gasteiger partial charge in [-0.2, -0.15) is 9.50 Å². The molecule has 0 amide bonds. The molecule has 0 aliphatic heterocycles. The average Bonchev–Trinajstić information content (AvgIpc) is 2.83. The van der Waals surface area contributed by atoms with Crippen LogP contribution in [-0.2, 0) is 0 Å². The molecule has 0 unspecified atom stereocenters. The topological polar surface area (TPSA) is 80.4 Å². The Balaban J connectivity index is 2.23. The van der Waals surface area contributed by atoms with Crippen LogP contribution < -0.4 is 0 Å². The summed E-state index contributed by atoms with van der Waals surface area (Å²) in [7, 11) is 0. The Morgan fingerprint density at radius 2 is 1.95 bits per heavy atom. The van der Waals surface area contributed by atoms with Crippen LogP contribution in [0.3, 0.4) is 0 Å². The van der Waals surface area contributed by atoms with Crippen molar-refractivity contribution in [2.75, 3.05) is 0 Å². The van der Waals surface area contributed by atoms with Crippen LogP contribution in [-0.4, -0.2) is 30.7 Å². The van der Waals surface area contributed by atoms with Crippen molar-refractivity contribution in [1.29, 1.82) is 0 Å². The lowest BCUT2D eigenvalue weighted by atomic mass is 10.1. The zero-order valence-corrected chi connectivity index (χ0v) is 11.1. The standard InChI is InChI=1S/C12H7BrN4O2/c13-8-3-1-7(2-4-8)9-5-6-14-12-15-10(11(18)19)16-17(9)12/h1-6H,(H,18,19). The van der Waals surface area contributed by atoms with Gasteiger partial charge >= 0.3 is 5.97 Å². The Labute approximate surface area is 115 Å². The van der Waals surface area contributed by atoms with Gasteiger partial charge in [-0.05, 0) is 18.2 Å². The van der Waals surface area contributed by atoms with Gasteiger partial charge in [0.05, 0.1) is 5.69 Å². The molecule has 0 atom stereocenters. The highest BCUT2D eigenvalue weighted by Crippen LogP contribution is 2.21. The van der Waals surface area contributed by atoms with Crippen molar-refractivity contribution in [2.45, 2.75) is 0 Å². The number of fused-ring (bicyclic) bond motifs is 1. The van der Waals surface area contributed by atoms with Crippen molar-refractivity contribution in [2.24, 2.45) is 0 Å². The van der Waals surface area contributed by atoms with Gasteiger partial charge in [0.1, 0.15) is 0 Å². The van der Waals surface area contributed by atoms with Crippen LogP contribution >= 0.6 is 15.9 Å². The smallest absolute Gasteiger partial charge is 0.375 e. The van der Waals surface area contributed by atoms with E-state index in [1.165, 1.54) is 4.52 Å². The maximum absolute atomic E-state index is 10.9. The number of carboxylic acid groups (broad SMARTS) is 1. The molecule has 1 aromatic carbocycles. The van der Waals surface area contributed by atoms with Crippen LogP contribution in [0.15, 0.2) is 41.0 Å². The highest BCUT2D eigenvalue weighted by atomic mass is 79.9. The fourth-order valence-corrected chi connectivity index (χ4v) is 1.99. The largest absolute Gasteiger partial charge is 0.475 e. The second kappa shape index (κ2) is 4.43. The molecule has 7 heteroatoms. The number of hydrogen-bond acceptors (Lipinski definition) is 4. The molecular formula is C12H7BrN4O2. The van der Waals surface area contributed by atoms with Gasteiger partial charge in [-0.15, -0.1) is 5.10 Å². The van der Waals surface area contributed by atoms with E-state index in [1.807, 2.05) is 24.3 Å². The van der Waals surface area contributed by atoms with Crippen molar-refractivity contribution in [3.8, 4) is 11.3 Å². The second-order valence-corrected chi connectivity index (χ2v) is 4.71. The zero-order chi connectivity index (χ0) is 13.4. The number of halogens is 1. The normalized spacial score (nSPS) is 10.8. The second-order valence-electron chi connectivity index (χ2n) is 3.79. The van der Waals surface area contributed by atoms with E-state index in [1.54, 1.807) is 12.3 Å². The van der Waals surface area contributed by atoms with Gasteiger partial charge in [0.25, 0.3) is 11.6 Å². The third-order valence-corrected chi connectivity index (χ3v) is 3.10. The van der Waals surface area contributed by atoms with E-state index in [4.69, 9.17) is 5.11 Å². The minimum absolute atomic E-state index is 0.262. The van der Waals surface area contributed by atoms with Crippen LogP contribution in [0, 0.1) is 0 Å². The van der Waals surface area contributed by atoms with Crippen molar-refractivity contribution in [3.63, 3.8) is 0 Å². The number of rotatable bonds is 2. The fraction of sp³-hybridized carbons (Fsp3) is 0. The third kappa shape index (κ3) is 2.08. The molecule has 0 aliphatic rings. The van der Waals surface area contributed by atoms with Gasteiger partial charge in [0.2, 0.25) is 0 Å². The van der Waals surface area contributed by atoms with Crippen LogP contribution in [0.25, 0.3) is 17.0 Å². The first-order valence-electron chi connectivity index (χ1n) is 5.36. The van der Waals surface area contributed by atoms with Gasteiger partial charge in [0, 0.05) is 16.2 Å². The first kappa shape index (κ1) is 11.8. The predicted molar refractivity (Wildman–Crippen MR) is 70.9 cm³/mol. The summed E-state index contributed by atoms with van der Waals surface area (Å²) in [4.78, 5) is 18.7. The quantitative estimate of drug-likeness (QED) is 0.783. The molecule has 19 heavy (non-hydrogen) atoms. The molecule has 2 heterocycles. The molecule has 0 radical (unpaired) electrons. The molecule has 1 N–H and O–H groups in total. The number of aromatic nitrogens is 4. The summed E-state index contributed by atoms with van der Waals surface area (Å²) in [6.07, 6.45) is 1.58. The third-order valence-electron chi connectivity index (χ3n) is 2.57. The fourth-order valence-electron chi connectivity index (χ4n) is 1.72. The van der Waals surface area contributed by atoms with Gasteiger partial charge in [-0.3, -0.25) is 0 Å². The number of carboxylic acids is 1. The molecule has 3 aromatic rings. The molecule has 0 spiro atoms. The van der Waals surface area contributed by atoms with Crippen LogP contribution in [0.4, 0.5) is 0 Å². The van der Waals surface area contributed by atoms with E-state index in [-0.39, 0.29) is 11.6 Å². The van der Waals surface area contributed by atoms with E-state index in [0.29, 0.717) is 0 Å².